The number of fused-ring (bicyclic) bond motifs is 1. The summed E-state index contributed by atoms with van der Waals surface area (Å²) in [6.45, 7) is 6.71. The van der Waals surface area contributed by atoms with Crippen LogP contribution in [0.1, 0.15) is 44.1 Å². The Balaban J connectivity index is 1.19. The number of aromatic nitrogens is 1. The molecule has 2 amide bonds. The summed E-state index contributed by atoms with van der Waals surface area (Å²) in [5, 5.41) is 2.91. The number of carbonyl (C=O) groups is 1. The minimum atomic E-state index is 0.0501. The van der Waals surface area contributed by atoms with Crippen LogP contribution in [0, 0.1) is 0 Å². The highest BCUT2D eigenvalue weighted by atomic mass is 16.2. The topological polar surface area (TPSA) is 55.0 Å². The third kappa shape index (κ3) is 4.17. The number of hydrogen-bond donors (Lipinski definition) is 1. The van der Waals surface area contributed by atoms with Crippen LogP contribution in [0.4, 0.5) is 22.0 Å². The van der Waals surface area contributed by atoms with E-state index in [1.165, 1.54) is 68.6 Å². The number of hydrogen-bond acceptors (Lipinski definition) is 5. The van der Waals surface area contributed by atoms with Crippen LogP contribution in [0.25, 0.3) is 0 Å². The molecule has 4 saturated heterocycles. The highest BCUT2D eigenvalue weighted by molar-refractivity contribution is 5.76. The quantitative estimate of drug-likeness (QED) is 0.735. The van der Waals surface area contributed by atoms with Gasteiger partial charge in [-0.25, -0.2) is 9.78 Å². The smallest absolute Gasteiger partial charge is 0.317 e. The lowest BCUT2D eigenvalue weighted by molar-refractivity contribution is 0.215. The molecule has 7 nitrogen and oxygen atoms in total. The van der Waals surface area contributed by atoms with Gasteiger partial charge in [0.1, 0.15) is 5.82 Å². The van der Waals surface area contributed by atoms with Gasteiger partial charge < -0.3 is 24.9 Å². The van der Waals surface area contributed by atoms with E-state index in [0.717, 1.165) is 32.0 Å². The van der Waals surface area contributed by atoms with Crippen LogP contribution >= 0.6 is 0 Å². The van der Waals surface area contributed by atoms with Gasteiger partial charge in [0.25, 0.3) is 0 Å². The van der Waals surface area contributed by atoms with E-state index in [4.69, 9.17) is 4.98 Å². The molecule has 1 aromatic heterocycles. The maximum Gasteiger partial charge on any atom is 0.317 e. The Hall–Kier alpha value is -2.96. The van der Waals surface area contributed by atoms with Gasteiger partial charge in [-0.2, -0.15) is 0 Å². The molecule has 4 aliphatic heterocycles. The Kier molecular flexibility index (Phi) is 5.93. The van der Waals surface area contributed by atoms with Crippen LogP contribution in [-0.2, 0) is 6.54 Å². The molecule has 0 bridgehead atoms. The second-order valence-corrected chi connectivity index (χ2v) is 10.2. The largest absolute Gasteiger partial charge is 0.371 e. The highest BCUT2D eigenvalue weighted by Crippen LogP contribution is 2.37. The van der Waals surface area contributed by atoms with Crippen molar-refractivity contribution in [1.82, 2.24) is 15.2 Å². The van der Waals surface area contributed by atoms with Crippen molar-refractivity contribution < 1.29 is 4.79 Å². The normalized spacial score (nSPS) is 25.0. The number of piperidine rings is 2. The maximum atomic E-state index is 12.0. The summed E-state index contributed by atoms with van der Waals surface area (Å²) in [7, 11) is 0. The number of rotatable bonds is 5. The van der Waals surface area contributed by atoms with Gasteiger partial charge in [0, 0.05) is 69.5 Å². The Morgan fingerprint density at radius 1 is 0.853 bits per heavy atom. The Morgan fingerprint density at radius 3 is 2.59 bits per heavy atom. The molecule has 0 radical (unpaired) electrons. The van der Waals surface area contributed by atoms with Crippen LogP contribution in [0.5, 0.6) is 0 Å². The molecular weight excluding hydrogens is 424 g/mol. The fraction of sp³-hybridized carbons (Fsp3) is 0.556. The number of nitrogens with zero attached hydrogens (tertiary/aromatic N) is 5. The van der Waals surface area contributed by atoms with Crippen LogP contribution in [0.2, 0.25) is 0 Å². The molecule has 1 N–H and O–H groups in total. The Morgan fingerprint density at radius 2 is 1.74 bits per heavy atom. The zero-order valence-electron chi connectivity index (χ0n) is 20.0. The number of nitrogens with one attached hydrogen (secondary N) is 1. The van der Waals surface area contributed by atoms with Crippen molar-refractivity contribution in [2.45, 2.75) is 57.2 Å². The van der Waals surface area contributed by atoms with E-state index < -0.39 is 0 Å². The summed E-state index contributed by atoms with van der Waals surface area (Å²) in [5.74, 6) is 1.14. The molecule has 0 saturated carbocycles. The first-order valence-corrected chi connectivity index (χ1v) is 13.1. The van der Waals surface area contributed by atoms with Gasteiger partial charge in [-0.1, -0.05) is 12.1 Å². The van der Waals surface area contributed by atoms with Crippen molar-refractivity contribution in [3.8, 4) is 0 Å². The van der Waals surface area contributed by atoms with E-state index in [0.29, 0.717) is 18.6 Å². The zero-order chi connectivity index (χ0) is 22.9. The van der Waals surface area contributed by atoms with Gasteiger partial charge in [0.15, 0.2) is 0 Å². The molecule has 1 aromatic carbocycles. The monoisotopic (exact) mass is 460 g/mol. The molecule has 2 atom stereocenters. The van der Waals surface area contributed by atoms with E-state index in [9.17, 15) is 4.79 Å². The molecule has 6 rings (SSSR count). The van der Waals surface area contributed by atoms with Gasteiger partial charge >= 0.3 is 6.03 Å². The van der Waals surface area contributed by atoms with Crippen molar-refractivity contribution >= 4 is 23.2 Å². The summed E-state index contributed by atoms with van der Waals surface area (Å²) >= 11 is 0. The zero-order valence-corrected chi connectivity index (χ0v) is 20.0. The number of carbonyl (C=O) groups excluding carboxylic acids is 1. The fourth-order valence-corrected chi connectivity index (χ4v) is 6.42. The van der Waals surface area contributed by atoms with Crippen molar-refractivity contribution in [1.29, 1.82) is 0 Å². The van der Waals surface area contributed by atoms with Crippen LogP contribution < -0.4 is 20.0 Å². The molecule has 7 heteroatoms. The van der Waals surface area contributed by atoms with Crippen LogP contribution in [0.15, 0.2) is 42.6 Å². The van der Waals surface area contributed by atoms with E-state index in [1.807, 2.05) is 11.1 Å². The number of urea groups is 1. The predicted molar refractivity (Wildman–Crippen MR) is 137 cm³/mol. The first kappa shape index (κ1) is 21.6. The van der Waals surface area contributed by atoms with Crippen molar-refractivity contribution in [3.05, 3.63) is 48.2 Å². The molecule has 0 spiro atoms. The lowest BCUT2D eigenvalue weighted by Crippen LogP contribution is -2.50. The van der Waals surface area contributed by atoms with Crippen LogP contribution in [0.3, 0.4) is 0 Å². The molecule has 0 aliphatic carbocycles. The number of anilines is 3. The third-order valence-electron chi connectivity index (χ3n) is 8.11. The van der Waals surface area contributed by atoms with E-state index >= 15 is 0 Å². The Labute approximate surface area is 202 Å². The lowest BCUT2D eigenvalue weighted by atomic mass is 9.95. The molecule has 4 fully saturated rings. The molecule has 5 heterocycles. The summed E-state index contributed by atoms with van der Waals surface area (Å²) < 4.78 is 0. The van der Waals surface area contributed by atoms with Crippen molar-refractivity contribution in [2.75, 3.05) is 54.0 Å². The SMILES string of the molecule is O=C1NCCN1Cc1cccc(N2CCC[C@H]3[C@@H]2CCN3c2cc(N3CCCCC3)ccn2)c1. The summed E-state index contributed by atoms with van der Waals surface area (Å²) in [5.41, 5.74) is 3.84. The average molecular weight is 461 g/mol. The van der Waals surface area contributed by atoms with Gasteiger partial charge in [-0.05, 0) is 62.3 Å². The number of benzene rings is 1. The van der Waals surface area contributed by atoms with E-state index in [1.54, 1.807) is 0 Å². The average Bonchev–Trinajstić information content (AvgIpc) is 3.51. The Bertz CT molecular complexity index is 1020. The number of pyridine rings is 1. The van der Waals surface area contributed by atoms with Gasteiger partial charge in [0.2, 0.25) is 0 Å². The van der Waals surface area contributed by atoms with Crippen molar-refractivity contribution in [3.63, 3.8) is 0 Å². The first-order chi connectivity index (χ1) is 16.8. The number of amides is 2. The maximum absolute atomic E-state index is 12.0. The summed E-state index contributed by atoms with van der Waals surface area (Å²) in [6, 6.07) is 14.4. The summed E-state index contributed by atoms with van der Waals surface area (Å²) in [6.07, 6.45) is 9.54. The third-order valence-corrected chi connectivity index (χ3v) is 8.11. The van der Waals surface area contributed by atoms with E-state index in [-0.39, 0.29) is 6.03 Å². The molecule has 0 unspecified atom stereocenters. The first-order valence-electron chi connectivity index (χ1n) is 13.1. The van der Waals surface area contributed by atoms with E-state index in [2.05, 4.69) is 56.4 Å². The summed E-state index contributed by atoms with van der Waals surface area (Å²) in [4.78, 5) is 26.4. The fourth-order valence-electron chi connectivity index (χ4n) is 6.42. The minimum absolute atomic E-state index is 0.0501. The molecule has 180 valence electrons. The predicted octanol–water partition coefficient (Wildman–Crippen LogP) is 3.84. The standard InChI is InChI=1S/C27H36N6O/c34-27-29-12-17-31(27)20-21-6-4-7-23(18-21)32-15-5-8-24-25(32)10-16-33(24)26-19-22(9-11-28-26)30-13-2-1-3-14-30/h4,6-7,9,11,18-19,24-25H,1-3,5,8,10,12-17,20H2,(H,29,34)/t24-,25-/m0/s1. The second kappa shape index (κ2) is 9.35. The lowest BCUT2D eigenvalue weighted by Gasteiger charge is -2.42. The second-order valence-electron chi connectivity index (χ2n) is 10.2. The van der Waals surface area contributed by atoms with Crippen molar-refractivity contribution in [2.24, 2.45) is 0 Å². The van der Waals surface area contributed by atoms with Crippen LogP contribution in [-0.4, -0.2) is 67.3 Å². The molecule has 4 aliphatic rings. The van der Waals surface area contributed by atoms with Gasteiger partial charge in [-0.15, -0.1) is 0 Å². The highest BCUT2D eigenvalue weighted by Gasteiger charge is 2.41. The minimum Gasteiger partial charge on any atom is -0.371 e. The molecular formula is C27H36N6O. The van der Waals surface area contributed by atoms with Gasteiger partial charge in [-0.3, -0.25) is 0 Å². The molecule has 2 aromatic rings. The molecule has 34 heavy (non-hydrogen) atoms. The van der Waals surface area contributed by atoms with Gasteiger partial charge in [0.05, 0.1) is 12.1 Å².